The van der Waals surface area contributed by atoms with E-state index in [2.05, 4.69) is 10.0 Å². The van der Waals surface area contributed by atoms with Gasteiger partial charge in [0, 0.05) is 28.7 Å². The average molecular weight is 460 g/mol. The van der Waals surface area contributed by atoms with Crippen LogP contribution in [0.15, 0.2) is 41.3 Å². The van der Waals surface area contributed by atoms with Gasteiger partial charge in [-0.3, -0.25) is 10.1 Å². The third-order valence-electron chi connectivity index (χ3n) is 4.51. The van der Waals surface area contributed by atoms with Crippen LogP contribution in [0.3, 0.4) is 0 Å². The number of halogens is 2. The first-order valence-electron chi connectivity index (χ1n) is 8.87. The van der Waals surface area contributed by atoms with Crippen molar-refractivity contribution in [1.29, 1.82) is 0 Å². The molecule has 0 unspecified atom stereocenters. The van der Waals surface area contributed by atoms with Crippen LogP contribution in [0.25, 0.3) is 0 Å². The molecular weight excluding hydrogens is 441 g/mol. The molecule has 1 aliphatic rings. The van der Waals surface area contributed by atoms with E-state index >= 15 is 0 Å². The molecule has 2 aromatic carbocycles. The Morgan fingerprint density at radius 1 is 1.14 bits per heavy atom. The predicted molar refractivity (Wildman–Crippen MR) is 110 cm³/mol. The Balaban J connectivity index is 1.91. The van der Waals surface area contributed by atoms with Crippen molar-refractivity contribution in [3.63, 3.8) is 0 Å². The highest BCUT2D eigenvalue weighted by Crippen LogP contribution is 2.34. The normalized spacial score (nSPS) is 15.2. The third kappa shape index (κ3) is 5.80. The molecule has 156 valence electrons. The van der Waals surface area contributed by atoms with Gasteiger partial charge < -0.3 is 10.1 Å². The molecule has 0 aliphatic carbocycles. The second kappa shape index (κ2) is 9.27. The van der Waals surface area contributed by atoms with E-state index < -0.39 is 14.9 Å². The van der Waals surface area contributed by atoms with E-state index in [0.29, 0.717) is 10.0 Å². The first-order valence-corrected chi connectivity index (χ1v) is 11.1. The van der Waals surface area contributed by atoms with Crippen LogP contribution in [-0.4, -0.2) is 33.0 Å². The highest BCUT2D eigenvalue weighted by Gasteiger charge is 2.25. The van der Waals surface area contributed by atoms with Crippen molar-refractivity contribution in [1.82, 2.24) is 10.0 Å². The maximum Gasteiger partial charge on any atom is 0.271 e. The molecule has 0 amide bonds. The molecule has 0 radical (unpaired) electrons. The molecule has 2 N–H and O–H groups in total. The summed E-state index contributed by atoms with van der Waals surface area (Å²) >= 11 is 11.9. The SMILES string of the molecule is O=[N+]([O-])c1ccc(Oc2cc(Cl)cc(Cl)c2)c(S(=O)(=O)NCC2CCNCC2)c1. The Bertz CT molecular complexity index is 990. The van der Waals surface area contributed by atoms with E-state index in [0.717, 1.165) is 32.0 Å². The van der Waals surface area contributed by atoms with E-state index in [1.165, 1.54) is 30.3 Å². The molecule has 1 aliphatic heterocycles. The van der Waals surface area contributed by atoms with E-state index in [9.17, 15) is 18.5 Å². The monoisotopic (exact) mass is 459 g/mol. The first-order chi connectivity index (χ1) is 13.7. The molecular formula is C18H19Cl2N3O5S. The summed E-state index contributed by atoms with van der Waals surface area (Å²) in [7, 11) is -4.05. The number of sulfonamides is 1. The number of ether oxygens (including phenoxy) is 1. The number of hydrogen-bond donors (Lipinski definition) is 2. The van der Waals surface area contributed by atoms with Gasteiger partial charge in [-0.1, -0.05) is 23.2 Å². The minimum atomic E-state index is -4.05. The molecule has 3 rings (SSSR count). The number of nitrogens with one attached hydrogen (secondary N) is 2. The molecule has 0 saturated carbocycles. The van der Waals surface area contributed by atoms with Gasteiger partial charge in [0.2, 0.25) is 10.0 Å². The lowest BCUT2D eigenvalue weighted by molar-refractivity contribution is -0.385. The number of nitro groups is 1. The van der Waals surface area contributed by atoms with Gasteiger partial charge in [-0.05, 0) is 56.1 Å². The highest BCUT2D eigenvalue weighted by molar-refractivity contribution is 7.89. The van der Waals surface area contributed by atoms with E-state index in [1.54, 1.807) is 0 Å². The molecule has 29 heavy (non-hydrogen) atoms. The fraction of sp³-hybridized carbons (Fsp3) is 0.333. The summed E-state index contributed by atoms with van der Waals surface area (Å²) in [6.45, 7) is 1.90. The van der Waals surface area contributed by atoms with Crippen molar-refractivity contribution < 1.29 is 18.1 Å². The standard InChI is InChI=1S/C18H19Cl2N3O5S/c19-13-7-14(20)9-16(8-13)28-17-2-1-15(23(24)25)10-18(17)29(26,27)22-11-12-3-5-21-6-4-12/h1-2,7-10,12,21-22H,3-6,11H2. The number of rotatable bonds is 7. The summed E-state index contributed by atoms with van der Waals surface area (Å²) in [5.74, 6) is 0.346. The Morgan fingerprint density at radius 2 is 1.79 bits per heavy atom. The number of hydrogen-bond acceptors (Lipinski definition) is 6. The van der Waals surface area contributed by atoms with Gasteiger partial charge in [0.25, 0.3) is 5.69 Å². The van der Waals surface area contributed by atoms with Crippen molar-refractivity contribution in [2.24, 2.45) is 5.92 Å². The van der Waals surface area contributed by atoms with Crippen LogP contribution in [0.2, 0.25) is 10.0 Å². The lowest BCUT2D eigenvalue weighted by atomic mass is 9.99. The molecule has 1 heterocycles. The Labute approximate surface area is 178 Å². The molecule has 0 spiro atoms. The van der Waals surface area contributed by atoms with Crippen LogP contribution in [0, 0.1) is 16.0 Å². The van der Waals surface area contributed by atoms with Crippen molar-refractivity contribution in [2.75, 3.05) is 19.6 Å². The Morgan fingerprint density at radius 3 is 2.41 bits per heavy atom. The van der Waals surface area contributed by atoms with Crippen molar-refractivity contribution in [3.05, 3.63) is 56.6 Å². The van der Waals surface area contributed by atoms with Crippen LogP contribution >= 0.6 is 23.2 Å². The first kappa shape index (κ1) is 21.8. The summed E-state index contributed by atoms with van der Waals surface area (Å²) < 4.78 is 34.0. The van der Waals surface area contributed by atoms with Gasteiger partial charge in [-0.15, -0.1) is 0 Å². The van der Waals surface area contributed by atoms with E-state index in [-0.39, 0.29) is 34.5 Å². The number of nitrogens with zero attached hydrogens (tertiary/aromatic N) is 1. The molecule has 8 nitrogen and oxygen atoms in total. The molecule has 1 fully saturated rings. The lowest BCUT2D eigenvalue weighted by Gasteiger charge is -2.23. The second-order valence-corrected chi connectivity index (χ2v) is 9.25. The van der Waals surface area contributed by atoms with Gasteiger partial charge in [0.15, 0.2) is 0 Å². The van der Waals surface area contributed by atoms with Crippen LogP contribution in [0.4, 0.5) is 5.69 Å². The zero-order chi connectivity index (χ0) is 21.0. The van der Waals surface area contributed by atoms with E-state index in [1.807, 2.05) is 0 Å². The largest absolute Gasteiger partial charge is 0.456 e. The summed E-state index contributed by atoms with van der Waals surface area (Å²) in [5.41, 5.74) is -0.358. The predicted octanol–water partition coefficient (Wildman–Crippen LogP) is 3.97. The van der Waals surface area contributed by atoms with Crippen LogP contribution < -0.4 is 14.8 Å². The second-order valence-electron chi connectivity index (χ2n) is 6.64. The van der Waals surface area contributed by atoms with Crippen LogP contribution in [-0.2, 0) is 10.0 Å². The number of benzene rings is 2. The zero-order valence-electron chi connectivity index (χ0n) is 15.2. The molecule has 2 aromatic rings. The molecule has 1 saturated heterocycles. The third-order valence-corrected chi connectivity index (χ3v) is 6.39. The summed E-state index contributed by atoms with van der Waals surface area (Å²) in [4.78, 5) is 10.2. The quantitative estimate of drug-likeness (QED) is 0.478. The van der Waals surface area contributed by atoms with Gasteiger partial charge in [0.1, 0.15) is 16.4 Å². The maximum atomic E-state index is 12.9. The van der Waals surface area contributed by atoms with Gasteiger partial charge >= 0.3 is 0 Å². The number of non-ortho nitro benzene ring substituents is 1. The van der Waals surface area contributed by atoms with Crippen molar-refractivity contribution >= 4 is 38.9 Å². The van der Waals surface area contributed by atoms with Gasteiger partial charge in [-0.2, -0.15) is 0 Å². The minimum Gasteiger partial charge on any atom is -0.456 e. The molecule has 0 atom stereocenters. The maximum absolute atomic E-state index is 12.9. The number of piperidine rings is 1. The summed E-state index contributed by atoms with van der Waals surface area (Å²) in [6, 6.07) is 7.83. The fourth-order valence-corrected chi connectivity index (χ4v) is 4.78. The van der Waals surface area contributed by atoms with Crippen molar-refractivity contribution in [3.8, 4) is 11.5 Å². The Kier molecular flexibility index (Phi) is 6.97. The summed E-state index contributed by atoms with van der Waals surface area (Å²) in [5, 5.41) is 15.0. The van der Waals surface area contributed by atoms with Crippen LogP contribution in [0.5, 0.6) is 11.5 Å². The van der Waals surface area contributed by atoms with Gasteiger partial charge in [0.05, 0.1) is 4.92 Å². The van der Waals surface area contributed by atoms with Gasteiger partial charge in [-0.25, -0.2) is 13.1 Å². The Hall–Kier alpha value is -1.91. The molecule has 0 aromatic heterocycles. The zero-order valence-corrected chi connectivity index (χ0v) is 17.6. The number of nitro benzene ring substituents is 1. The smallest absolute Gasteiger partial charge is 0.271 e. The van der Waals surface area contributed by atoms with E-state index in [4.69, 9.17) is 27.9 Å². The lowest BCUT2D eigenvalue weighted by Crippen LogP contribution is -2.36. The molecule has 0 bridgehead atoms. The average Bonchev–Trinajstić information content (AvgIpc) is 2.66. The van der Waals surface area contributed by atoms with Crippen LogP contribution in [0.1, 0.15) is 12.8 Å². The summed E-state index contributed by atoms with van der Waals surface area (Å²) in [6.07, 6.45) is 1.70. The minimum absolute atomic E-state index is 0.0632. The van der Waals surface area contributed by atoms with Crippen molar-refractivity contribution in [2.45, 2.75) is 17.7 Å². The highest BCUT2D eigenvalue weighted by atomic mass is 35.5. The molecule has 11 heteroatoms. The fourth-order valence-electron chi connectivity index (χ4n) is 3.01. The topological polar surface area (TPSA) is 111 Å².